The Bertz CT molecular complexity index is 521. The summed E-state index contributed by atoms with van der Waals surface area (Å²) in [6.07, 6.45) is -2.73. The molecule has 4 nitrogen and oxygen atoms in total. The molecule has 0 fully saturated rings. The molecule has 1 aromatic rings. The van der Waals surface area contributed by atoms with E-state index in [2.05, 4.69) is 10.1 Å². The molecule has 1 N–H and O–H groups in total. The minimum atomic E-state index is -4.72. The molecule has 0 atom stereocenters. The smallest absolute Gasteiger partial charge is 0.406 e. The van der Waals surface area contributed by atoms with Crippen molar-refractivity contribution in [1.82, 2.24) is 4.90 Å². The van der Waals surface area contributed by atoms with Crippen LogP contribution in [0.2, 0.25) is 0 Å². The lowest BCUT2D eigenvalue weighted by Gasteiger charge is -2.15. The second-order valence-electron chi connectivity index (χ2n) is 5.10. The van der Waals surface area contributed by atoms with E-state index in [9.17, 15) is 18.0 Å². The summed E-state index contributed by atoms with van der Waals surface area (Å²) < 4.78 is 39.8. The number of halogens is 3. The zero-order valence-electron chi connectivity index (χ0n) is 12.7. The number of amides is 1. The van der Waals surface area contributed by atoms with E-state index in [0.29, 0.717) is 12.2 Å². The Morgan fingerprint density at radius 2 is 1.86 bits per heavy atom. The highest BCUT2D eigenvalue weighted by Gasteiger charge is 2.30. The van der Waals surface area contributed by atoms with Crippen molar-refractivity contribution < 1.29 is 22.7 Å². The van der Waals surface area contributed by atoms with Gasteiger partial charge in [0.25, 0.3) is 0 Å². The van der Waals surface area contributed by atoms with Gasteiger partial charge in [0.15, 0.2) is 0 Å². The fourth-order valence-corrected chi connectivity index (χ4v) is 1.59. The number of hydrogen-bond donors (Lipinski definition) is 1. The Morgan fingerprint density at radius 3 is 2.36 bits per heavy atom. The summed E-state index contributed by atoms with van der Waals surface area (Å²) in [6, 6.07) is 5.01. The minimum Gasteiger partial charge on any atom is -0.406 e. The number of anilines is 1. The number of nitrogens with one attached hydrogen (secondary N) is 1. The van der Waals surface area contributed by atoms with E-state index in [1.54, 1.807) is 7.05 Å². The number of alkyl halides is 3. The summed E-state index contributed by atoms with van der Waals surface area (Å²) in [6.45, 7) is 4.77. The summed E-state index contributed by atoms with van der Waals surface area (Å²) >= 11 is 0. The van der Waals surface area contributed by atoms with Gasteiger partial charge >= 0.3 is 6.36 Å². The third-order valence-electron chi connectivity index (χ3n) is 2.60. The van der Waals surface area contributed by atoms with E-state index in [1.165, 1.54) is 12.1 Å². The van der Waals surface area contributed by atoms with Gasteiger partial charge in [-0.05, 0) is 45.2 Å². The minimum absolute atomic E-state index is 0.185. The molecule has 1 rings (SSSR count). The van der Waals surface area contributed by atoms with Crippen molar-refractivity contribution in [3.63, 3.8) is 0 Å². The molecule has 22 heavy (non-hydrogen) atoms. The maximum Gasteiger partial charge on any atom is 0.573 e. The fraction of sp³-hybridized carbons (Fsp3) is 0.400. The maximum atomic E-state index is 12.0. The van der Waals surface area contributed by atoms with E-state index in [0.717, 1.165) is 17.7 Å². The molecule has 0 unspecified atom stereocenters. The average molecular weight is 316 g/mol. The first-order valence-electron chi connectivity index (χ1n) is 6.63. The lowest BCUT2D eigenvalue weighted by Crippen LogP contribution is -2.30. The Labute approximate surface area is 127 Å². The van der Waals surface area contributed by atoms with Gasteiger partial charge in [0.05, 0.1) is 6.54 Å². The normalized spacial score (nSPS) is 11.2. The van der Waals surface area contributed by atoms with Gasteiger partial charge in [-0.3, -0.25) is 9.69 Å². The van der Waals surface area contributed by atoms with Gasteiger partial charge in [0.2, 0.25) is 5.91 Å². The monoisotopic (exact) mass is 316 g/mol. The second-order valence-corrected chi connectivity index (χ2v) is 5.10. The third kappa shape index (κ3) is 7.68. The van der Waals surface area contributed by atoms with Gasteiger partial charge in [-0.15, -0.1) is 13.2 Å². The van der Waals surface area contributed by atoms with E-state index in [-0.39, 0.29) is 18.2 Å². The van der Waals surface area contributed by atoms with Gasteiger partial charge in [0, 0.05) is 12.2 Å². The lowest BCUT2D eigenvalue weighted by molar-refractivity contribution is -0.274. The Kier molecular flexibility index (Phi) is 6.42. The van der Waals surface area contributed by atoms with Crippen LogP contribution in [-0.4, -0.2) is 37.3 Å². The number of likely N-dealkylation sites (N-methyl/N-ethyl adjacent to an activating group) is 1. The van der Waals surface area contributed by atoms with Gasteiger partial charge in [-0.1, -0.05) is 11.6 Å². The van der Waals surface area contributed by atoms with Crippen LogP contribution >= 0.6 is 0 Å². The quantitative estimate of drug-likeness (QED) is 0.818. The fourth-order valence-electron chi connectivity index (χ4n) is 1.59. The molecule has 0 heterocycles. The van der Waals surface area contributed by atoms with Gasteiger partial charge < -0.3 is 10.1 Å². The molecule has 0 saturated heterocycles. The number of ether oxygens (including phenoxy) is 1. The first-order chi connectivity index (χ1) is 10.2. The van der Waals surface area contributed by atoms with Gasteiger partial charge in [-0.2, -0.15) is 0 Å². The first kappa shape index (κ1) is 18.0. The molecule has 0 aliphatic rings. The summed E-state index contributed by atoms with van der Waals surface area (Å²) in [7, 11) is 1.80. The molecular weight excluding hydrogens is 297 g/mol. The molecule has 0 aliphatic heterocycles. The van der Waals surface area contributed by atoms with Crippen molar-refractivity contribution in [1.29, 1.82) is 0 Å². The molecule has 122 valence electrons. The standard InChI is InChI=1S/C15H19F3N2O2/c1-11(2)8-9-20(3)10-14(21)19-12-4-6-13(7-5-12)22-15(16,17)18/h4-8H,9-10H2,1-3H3,(H,19,21). The van der Waals surface area contributed by atoms with Crippen LogP contribution in [0.5, 0.6) is 5.75 Å². The van der Waals surface area contributed by atoms with Crippen LogP contribution in [0.4, 0.5) is 18.9 Å². The van der Waals surface area contributed by atoms with Crippen molar-refractivity contribution in [2.45, 2.75) is 20.2 Å². The van der Waals surface area contributed by atoms with Gasteiger partial charge in [0.1, 0.15) is 5.75 Å². The summed E-state index contributed by atoms with van der Waals surface area (Å²) in [5.74, 6) is -0.569. The predicted molar refractivity (Wildman–Crippen MR) is 78.7 cm³/mol. The Hall–Kier alpha value is -2.02. The van der Waals surface area contributed by atoms with Crippen molar-refractivity contribution in [3.05, 3.63) is 35.9 Å². The molecular formula is C15H19F3N2O2. The van der Waals surface area contributed by atoms with E-state index >= 15 is 0 Å². The molecule has 0 spiro atoms. The summed E-state index contributed by atoms with van der Waals surface area (Å²) in [5, 5.41) is 2.61. The van der Waals surface area contributed by atoms with Crippen LogP contribution in [-0.2, 0) is 4.79 Å². The second kappa shape index (κ2) is 7.84. The van der Waals surface area contributed by atoms with Crippen LogP contribution in [0.15, 0.2) is 35.9 Å². The van der Waals surface area contributed by atoms with Crippen LogP contribution in [0, 0.1) is 0 Å². The number of carbonyl (C=O) groups is 1. The zero-order chi connectivity index (χ0) is 16.8. The highest BCUT2D eigenvalue weighted by atomic mass is 19.4. The number of hydrogen-bond acceptors (Lipinski definition) is 3. The number of allylic oxidation sites excluding steroid dienone is 1. The van der Waals surface area contributed by atoms with Crippen molar-refractivity contribution in [2.75, 3.05) is 25.5 Å². The first-order valence-corrected chi connectivity index (χ1v) is 6.63. The van der Waals surface area contributed by atoms with Crippen LogP contribution in [0.1, 0.15) is 13.8 Å². The summed E-state index contributed by atoms with van der Waals surface area (Å²) in [5.41, 5.74) is 1.57. The van der Waals surface area contributed by atoms with Crippen molar-refractivity contribution in [3.8, 4) is 5.75 Å². The molecule has 0 radical (unpaired) electrons. The number of benzene rings is 1. The van der Waals surface area contributed by atoms with E-state index in [4.69, 9.17) is 0 Å². The molecule has 1 amide bonds. The molecule has 0 aliphatic carbocycles. The number of nitrogens with zero attached hydrogens (tertiary/aromatic N) is 1. The highest BCUT2D eigenvalue weighted by Crippen LogP contribution is 2.23. The molecule has 7 heteroatoms. The average Bonchev–Trinajstić information content (AvgIpc) is 2.37. The number of carbonyl (C=O) groups excluding carboxylic acids is 1. The maximum absolute atomic E-state index is 12.0. The highest BCUT2D eigenvalue weighted by molar-refractivity contribution is 5.92. The number of rotatable bonds is 6. The third-order valence-corrected chi connectivity index (χ3v) is 2.60. The topological polar surface area (TPSA) is 41.6 Å². The van der Waals surface area contributed by atoms with E-state index in [1.807, 2.05) is 24.8 Å². The van der Waals surface area contributed by atoms with Crippen LogP contribution in [0.3, 0.4) is 0 Å². The zero-order valence-corrected chi connectivity index (χ0v) is 12.7. The predicted octanol–water partition coefficient (Wildman–Crippen LogP) is 3.42. The van der Waals surface area contributed by atoms with Crippen molar-refractivity contribution >= 4 is 11.6 Å². The van der Waals surface area contributed by atoms with Gasteiger partial charge in [-0.25, -0.2) is 0 Å². The van der Waals surface area contributed by atoms with Crippen LogP contribution in [0.25, 0.3) is 0 Å². The molecule has 0 saturated carbocycles. The van der Waals surface area contributed by atoms with E-state index < -0.39 is 6.36 Å². The van der Waals surface area contributed by atoms with Crippen LogP contribution < -0.4 is 10.1 Å². The molecule has 1 aromatic carbocycles. The molecule has 0 bridgehead atoms. The largest absolute Gasteiger partial charge is 0.573 e. The lowest BCUT2D eigenvalue weighted by atomic mass is 10.3. The SMILES string of the molecule is CC(C)=CCN(C)CC(=O)Nc1ccc(OC(F)(F)F)cc1. The van der Waals surface area contributed by atoms with Crippen molar-refractivity contribution in [2.24, 2.45) is 0 Å². The molecule has 0 aromatic heterocycles. The Morgan fingerprint density at radius 1 is 1.27 bits per heavy atom. The summed E-state index contributed by atoms with van der Waals surface area (Å²) in [4.78, 5) is 13.6. The Balaban J connectivity index is 2.49.